The Hall–Kier alpha value is -1.55. The van der Waals surface area contributed by atoms with Crippen molar-refractivity contribution in [2.75, 3.05) is 32.8 Å². The highest BCUT2D eigenvalue weighted by Crippen LogP contribution is 2.15. The lowest BCUT2D eigenvalue weighted by molar-refractivity contribution is 0.136. The summed E-state index contributed by atoms with van der Waals surface area (Å²) in [5.41, 5.74) is 7.37. The molecule has 0 saturated carbocycles. The molecule has 22 heavy (non-hydrogen) atoms. The molecule has 4 heteroatoms. The maximum absolute atomic E-state index is 6.05. The summed E-state index contributed by atoms with van der Waals surface area (Å²) in [6.45, 7) is 6.67. The summed E-state index contributed by atoms with van der Waals surface area (Å²) in [6.07, 6.45) is 4.34. The second-order valence-corrected chi connectivity index (χ2v) is 6.11. The van der Waals surface area contributed by atoms with Crippen LogP contribution in [-0.4, -0.2) is 43.7 Å². The van der Waals surface area contributed by atoms with Crippen molar-refractivity contribution in [3.8, 4) is 0 Å². The Labute approximate surface area is 134 Å². The van der Waals surface area contributed by atoms with E-state index in [-0.39, 0.29) is 0 Å². The van der Waals surface area contributed by atoms with Crippen LogP contribution in [0.5, 0.6) is 0 Å². The maximum atomic E-state index is 6.05. The minimum Gasteiger partial charge on any atom is -0.381 e. The molecule has 0 aliphatic carbocycles. The van der Waals surface area contributed by atoms with Crippen molar-refractivity contribution in [1.29, 1.82) is 0 Å². The van der Waals surface area contributed by atoms with Gasteiger partial charge in [-0.3, -0.25) is 4.99 Å². The first-order chi connectivity index (χ1) is 10.8. The number of nitrogens with two attached hydrogens (primary N) is 1. The lowest BCUT2D eigenvalue weighted by Gasteiger charge is -2.31. The Morgan fingerprint density at radius 1 is 1.23 bits per heavy atom. The van der Waals surface area contributed by atoms with Crippen LogP contribution in [0.1, 0.15) is 31.7 Å². The van der Waals surface area contributed by atoms with Gasteiger partial charge < -0.3 is 15.4 Å². The molecule has 1 aliphatic rings. The number of guanidine groups is 1. The van der Waals surface area contributed by atoms with Gasteiger partial charge in [0.25, 0.3) is 0 Å². The number of aliphatic imine (C=N–C) groups is 1. The zero-order chi connectivity index (χ0) is 15.6. The molecular formula is C18H29N3O. The van der Waals surface area contributed by atoms with Gasteiger partial charge in [-0.15, -0.1) is 0 Å². The van der Waals surface area contributed by atoms with E-state index in [1.54, 1.807) is 0 Å². The molecule has 4 nitrogen and oxygen atoms in total. The predicted octanol–water partition coefficient (Wildman–Crippen LogP) is 2.68. The van der Waals surface area contributed by atoms with E-state index in [1.807, 2.05) is 6.07 Å². The standard InChI is InChI=1S/C18H29N3O/c1-16-8-12-21(13-9-16)18(19)20-11-5-14-22-15-10-17-6-3-2-4-7-17/h2-4,6-7,16H,5,8-15H2,1H3,(H2,19,20). The van der Waals surface area contributed by atoms with E-state index in [0.29, 0.717) is 5.96 Å². The molecule has 1 fully saturated rings. The Kier molecular flexibility index (Phi) is 7.23. The largest absolute Gasteiger partial charge is 0.381 e. The molecule has 1 aromatic carbocycles. The number of nitrogens with zero attached hydrogens (tertiary/aromatic N) is 2. The molecule has 1 aliphatic heterocycles. The molecule has 2 rings (SSSR count). The fraction of sp³-hybridized carbons (Fsp3) is 0.611. The van der Waals surface area contributed by atoms with E-state index in [4.69, 9.17) is 10.5 Å². The van der Waals surface area contributed by atoms with Crippen LogP contribution >= 0.6 is 0 Å². The van der Waals surface area contributed by atoms with Gasteiger partial charge in [0.2, 0.25) is 0 Å². The van der Waals surface area contributed by atoms with Gasteiger partial charge in [-0.25, -0.2) is 0 Å². The molecule has 0 spiro atoms. The smallest absolute Gasteiger partial charge is 0.191 e. The van der Waals surface area contributed by atoms with Gasteiger partial charge in [0.05, 0.1) is 6.61 Å². The van der Waals surface area contributed by atoms with Gasteiger partial charge in [-0.2, -0.15) is 0 Å². The van der Waals surface area contributed by atoms with E-state index >= 15 is 0 Å². The highest BCUT2D eigenvalue weighted by molar-refractivity contribution is 5.78. The monoisotopic (exact) mass is 303 g/mol. The topological polar surface area (TPSA) is 50.8 Å². The molecule has 0 bridgehead atoms. The normalized spacial score (nSPS) is 17.0. The molecule has 0 aromatic heterocycles. The summed E-state index contributed by atoms with van der Waals surface area (Å²) in [5, 5.41) is 0. The van der Waals surface area contributed by atoms with E-state index in [0.717, 1.165) is 51.6 Å². The van der Waals surface area contributed by atoms with Crippen molar-refractivity contribution >= 4 is 5.96 Å². The summed E-state index contributed by atoms with van der Waals surface area (Å²) in [7, 11) is 0. The minimum absolute atomic E-state index is 0.705. The first kappa shape index (κ1) is 16.8. The number of hydrogen-bond acceptors (Lipinski definition) is 2. The van der Waals surface area contributed by atoms with Gasteiger partial charge in [0.15, 0.2) is 5.96 Å². The second-order valence-electron chi connectivity index (χ2n) is 6.11. The van der Waals surface area contributed by atoms with E-state index < -0.39 is 0 Å². The SMILES string of the molecule is CC1CCN(C(N)=NCCCOCCc2ccccc2)CC1. The van der Waals surface area contributed by atoms with Crippen molar-refractivity contribution < 1.29 is 4.74 Å². The zero-order valence-corrected chi connectivity index (χ0v) is 13.7. The third kappa shape index (κ3) is 6.06. The second kappa shape index (κ2) is 9.46. The van der Waals surface area contributed by atoms with Crippen molar-refractivity contribution in [3.05, 3.63) is 35.9 Å². The highest BCUT2D eigenvalue weighted by Gasteiger charge is 2.16. The fourth-order valence-corrected chi connectivity index (χ4v) is 2.63. The van der Waals surface area contributed by atoms with Crippen LogP contribution in [0.25, 0.3) is 0 Å². The molecule has 0 unspecified atom stereocenters. The van der Waals surface area contributed by atoms with Crippen LogP contribution in [0.2, 0.25) is 0 Å². The number of benzene rings is 1. The Morgan fingerprint density at radius 3 is 2.68 bits per heavy atom. The molecule has 1 heterocycles. The van der Waals surface area contributed by atoms with Gasteiger partial charge in [-0.1, -0.05) is 37.3 Å². The first-order valence-electron chi connectivity index (χ1n) is 8.42. The third-order valence-electron chi connectivity index (χ3n) is 4.21. The fourth-order valence-electron chi connectivity index (χ4n) is 2.63. The number of piperidine rings is 1. The quantitative estimate of drug-likeness (QED) is 0.479. The maximum Gasteiger partial charge on any atom is 0.191 e. The zero-order valence-electron chi connectivity index (χ0n) is 13.7. The van der Waals surface area contributed by atoms with Crippen molar-refractivity contribution in [2.45, 2.75) is 32.6 Å². The van der Waals surface area contributed by atoms with Crippen LogP contribution in [0.4, 0.5) is 0 Å². The number of ether oxygens (including phenoxy) is 1. The minimum atomic E-state index is 0.705. The number of likely N-dealkylation sites (tertiary alicyclic amines) is 1. The first-order valence-corrected chi connectivity index (χ1v) is 8.42. The highest BCUT2D eigenvalue weighted by atomic mass is 16.5. The van der Waals surface area contributed by atoms with Gasteiger partial charge in [0, 0.05) is 26.2 Å². The average molecular weight is 303 g/mol. The Bertz CT molecular complexity index is 439. The molecule has 1 saturated heterocycles. The van der Waals surface area contributed by atoms with Crippen LogP contribution in [0.3, 0.4) is 0 Å². The van der Waals surface area contributed by atoms with Crippen LogP contribution < -0.4 is 5.73 Å². The van der Waals surface area contributed by atoms with Crippen LogP contribution in [0.15, 0.2) is 35.3 Å². The summed E-state index contributed by atoms with van der Waals surface area (Å²) in [6, 6.07) is 10.4. The molecular weight excluding hydrogens is 274 g/mol. The molecule has 1 aromatic rings. The predicted molar refractivity (Wildman–Crippen MR) is 92.0 cm³/mol. The van der Waals surface area contributed by atoms with Gasteiger partial charge >= 0.3 is 0 Å². The Balaban J connectivity index is 1.52. The lowest BCUT2D eigenvalue weighted by atomic mass is 10.00. The molecule has 0 atom stereocenters. The van der Waals surface area contributed by atoms with E-state index in [1.165, 1.54) is 18.4 Å². The molecule has 0 amide bonds. The molecule has 122 valence electrons. The average Bonchev–Trinajstić information content (AvgIpc) is 2.55. The van der Waals surface area contributed by atoms with Crippen molar-refractivity contribution in [2.24, 2.45) is 16.6 Å². The van der Waals surface area contributed by atoms with Gasteiger partial charge in [-0.05, 0) is 37.2 Å². The lowest BCUT2D eigenvalue weighted by Crippen LogP contribution is -2.42. The Morgan fingerprint density at radius 2 is 1.95 bits per heavy atom. The van der Waals surface area contributed by atoms with Crippen molar-refractivity contribution in [3.63, 3.8) is 0 Å². The van der Waals surface area contributed by atoms with E-state index in [9.17, 15) is 0 Å². The summed E-state index contributed by atoms with van der Waals surface area (Å²) in [4.78, 5) is 6.67. The number of rotatable bonds is 7. The molecule has 0 radical (unpaired) electrons. The van der Waals surface area contributed by atoms with E-state index in [2.05, 4.69) is 41.1 Å². The van der Waals surface area contributed by atoms with Crippen LogP contribution in [-0.2, 0) is 11.2 Å². The van der Waals surface area contributed by atoms with Crippen molar-refractivity contribution in [1.82, 2.24) is 4.90 Å². The van der Waals surface area contributed by atoms with Crippen LogP contribution in [0, 0.1) is 5.92 Å². The summed E-state index contributed by atoms with van der Waals surface area (Å²) in [5.74, 6) is 1.53. The third-order valence-corrected chi connectivity index (χ3v) is 4.21. The van der Waals surface area contributed by atoms with Gasteiger partial charge in [0.1, 0.15) is 0 Å². The summed E-state index contributed by atoms with van der Waals surface area (Å²) < 4.78 is 5.66. The molecule has 2 N–H and O–H groups in total. The summed E-state index contributed by atoms with van der Waals surface area (Å²) >= 11 is 0. The number of hydrogen-bond donors (Lipinski definition) is 1.